The molecule has 0 saturated heterocycles. The zero-order valence-electron chi connectivity index (χ0n) is 12.0. The van der Waals surface area contributed by atoms with Gasteiger partial charge in [0, 0.05) is 43.6 Å². The number of nitrogens with one attached hydrogen (secondary N) is 2. The number of anilines is 1. The first-order chi connectivity index (χ1) is 9.72. The normalized spacial score (nSPS) is 23.4. The Labute approximate surface area is 120 Å². The van der Waals surface area contributed by atoms with E-state index in [0.717, 1.165) is 37.0 Å². The van der Waals surface area contributed by atoms with E-state index in [1.54, 1.807) is 6.20 Å². The van der Waals surface area contributed by atoms with Crippen molar-refractivity contribution in [2.24, 2.45) is 11.5 Å². The van der Waals surface area contributed by atoms with Gasteiger partial charge in [-0.15, -0.1) is 0 Å². The summed E-state index contributed by atoms with van der Waals surface area (Å²) in [5.74, 6) is 0.665. The summed E-state index contributed by atoms with van der Waals surface area (Å²) in [4.78, 5) is 8.82. The molecule has 0 aliphatic heterocycles. The molecule has 1 heterocycles. The van der Waals surface area contributed by atoms with Gasteiger partial charge in [0.15, 0.2) is 0 Å². The highest BCUT2D eigenvalue weighted by atomic mass is 15.1. The van der Waals surface area contributed by atoms with E-state index in [0.29, 0.717) is 24.6 Å². The molecular weight excluding hydrogens is 252 g/mol. The van der Waals surface area contributed by atoms with Crippen LogP contribution in [0, 0.1) is 0 Å². The lowest BCUT2D eigenvalue weighted by atomic mass is 9.92. The molecule has 1 aliphatic carbocycles. The summed E-state index contributed by atoms with van der Waals surface area (Å²) in [5, 5.41) is 6.38. The number of rotatable bonds is 5. The molecule has 110 valence electrons. The van der Waals surface area contributed by atoms with Crippen molar-refractivity contribution in [1.82, 2.24) is 15.3 Å². The van der Waals surface area contributed by atoms with Crippen LogP contribution in [-0.2, 0) is 0 Å². The van der Waals surface area contributed by atoms with Crippen LogP contribution in [0.4, 0.5) is 5.95 Å². The minimum atomic E-state index is 0.350. The summed E-state index contributed by atoms with van der Waals surface area (Å²) in [6.45, 7) is 0.440. The van der Waals surface area contributed by atoms with Gasteiger partial charge in [0.1, 0.15) is 0 Å². The minimum absolute atomic E-state index is 0.350. The van der Waals surface area contributed by atoms with Crippen LogP contribution in [0.15, 0.2) is 18.5 Å². The van der Waals surface area contributed by atoms with E-state index in [1.165, 1.54) is 0 Å². The van der Waals surface area contributed by atoms with Gasteiger partial charge in [-0.25, -0.2) is 9.97 Å². The molecule has 6 heteroatoms. The van der Waals surface area contributed by atoms with E-state index in [9.17, 15) is 0 Å². The molecule has 1 aromatic rings. The lowest BCUT2D eigenvalue weighted by molar-refractivity contribution is 0.410. The maximum Gasteiger partial charge on any atom is 0.223 e. The molecule has 1 aromatic heterocycles. The Morgan fingerprint density at radius 1 is 1.40 bits per heavy atom. The molecule has 0 aromatic carbocycles. The summed E-state index contributed by atoms with van der Waals surface area (Å²) in [6, 6.07) is 2.64. The predicted octanol–water partition coefficient (Wildman–Crippen LogP) is 0.677. The summed E-state index contributed by atoms with van der Waals surface area (Å²) in [7, 11) is 1.85. The highest BCUT2D eigenvalue weighted by Crippen LogP contribution is 2.20. The number of aromatic nitrogens is 2. The molecule has 0 radical (unpaired) electrons. The van der Waals surface area contributed by atoms with E-state index >= 15 is 0 Å². The Hall–Kier alpha value is -1.66. The number of hydrogen-bond acceptors (Lipinski definition) is 6. The van der Waals surface area contributed by atoms with E-state index in [-0.39, 0.29) is 0 Å². The first-order valence-corrected chi connectivity index (χ1v) is 7.15. The molecule has 0 amide bonds. The maximum atomic E-state index is 5.92. The molecule has 1 aliphatic rings. The summed E-state index contributed by atoms with van der Waals surface area (Å²) >= 11 is 0. The Bertz CT molecular complexity index is 451. The Morgan fingerprint density at radius 2 is 2.15 bits per heavy atom. The number of hydrogen-bond donors (Lipinski definition) is 4. The van der Waals surface area contributed by atoms with Crippen LogP contribution in [0.5, 0.6) is 0 Å². The standard InChI is InChI=1S/C14H24N6/c1-17-9-10(8-15)13-6-7-18-14(20-13)19-12-4-2-11(16)3-5-12/h6-7,9,11-12,17H,2-5,8,15-16H2,1H3,(H,18,19,20)/b10-9+. The minimum Gasteiger partial charge on any atom is -0.394 e. The second-order valence-corrected chi connectivity index (χ2v) is 5.18. The highest BCUT2D eigenvalue weighted by molar-refractivity contribution is 5.64. The SMILES string of the molecule is CN/C=C(\CN)c1ccnc(NC2CCC(N)CC2)n1. The molecule has 1 fully saturated rings. The average molecular weight is 276 g/mol. The quantitative estimate of drug-likeness (QED) is 0.631. The van der Waals surface area contributed by atoms with Crippen LogP contribution >= 0.6 is 0 Å². The molecule has 6 N–H and O–H groups in total. The lowest BCUT2D eigenvalue weighted by Gasteiger charge is -2.26. The molecule has 0 atom stereocenters. The molecule has 0 spiro atoms. The van der Waals surface area contributed by atoms with Crippen LogP contribution in [-0.4, -0.2) is 35.6 Å². The maximum absolute atomic E-state index is 5.92. The highest BCUT2D eigenvalue weighted by Gasteiger charge is 2.19. The van der Waals surface area contributed by atoms with E-state index < -0.39 is 0 Å². The Kier molecular flexibility index (Phi) is 5.31. The van der Waals surface area contributed by atoms with Crippen LogP contribution in [0.1, 0.15) is 31.4 Å². The predicted molar refractivity (Wildman–Crippen MR) is 82.0 cm³/mol. The topological polar surface area (TPSA) is 102 Å². The molecule has 0 bridgehead atoms. The van der Waals surface area contributed by atoms with E-state index in [4.69, 9.17) is 11.5 Å². The van der Waals surface area contributed by atoms with Crippen molar-refractivity contribution in [2.45, 2.75) is 37.8 Å². The molecular formula is C14H24N6. The molecule has 2 rings (SSSR count). The van der Waals surface area contributed by atoms with Crippen molar-refractivity contribution in [3.8, 4) is 0 Å². The zero-order chi connectivity index (χ0) is 14.4. The van der Waals surface area contributed by atoms with Gasteiger partial charge in [-0.2, -0.15) is 0 Å². The fourth-order valence-corrected chi connectivity index (χ4v) is 2.46. The van der Waals surface area contributed by atoms with Gasteiger partial charge in [0.25, 0.3) is 0 Å². The number of nitrogens with zero attached hydrogens (tertiary/aromatic N) is 2. The van der Waals surface area contributed by atoms with Crippen LogP contribution in [0.2, 0.25) is 0 Å². The number of nitrogens with two attached hydrogens (primary N) is 2. The van der Waals surface area contributed by atoms with E-state index in [2.05, 4.69) is 20.6 Å². The van der Waals surface area contributed by atoms with Gasteiger partial charge in [0.05, 0.1) is 5.69 Å². The van der Waals surface area contributed by atoms with Crippen LogP contribution in [0.3, 0.4) is 0 Å². The average Bonchev–Trinajstić information content (AvgIpc) is 2.47. The van der Waals surface area contributed by atoms with Gasteiger partial charge < -0.3 is 22.1 Å². The van der Waals surface area contributed by atoms with Gasteiger partial charge in [-0.3, -0.25) is 0 Å². The van der Waals surface area contributed by atoms with Crippen molar-refractivity contribution in [2.75, 3.05) is 18.9 Å². The zero-order valence-corrected chi connectivity index (χ0v) is 12.0. The van der Waals surface area contributed by atoms with Gasteiger partial charge in [-0.05, 0) is 31.7 Å². The van der Waals surface area contributed by atoms with Crippen LogP contribution in [0.25, 0.3) is 5.57 Å². The van der Waals surface area contributed by atoms with Crippen molar-refractivity contribution in [3.05, 3.63) is 24.2 Å². The Morgan fingerprint density at radius 3 is 2.80 bits per heavy atom. The third kappa shape index (κ3) is 3.91. The smallest absolute Gasteiger partial charge is 0.223 e. The third-order valence-corrected chi connectivity index (χ3v) is 3.63. The van der Waals surface area contributed by atoms with Crippen molar-refractivity contribution in [3.63, 3.8) is 0 Å². The summed E-state index contributed by atoms with van der Waals surface area (Å²) in [6.07, 6.45) is 7.90. The molecule has 6 nitrogen and oxygen atoms in total. The summed E-state index contributed by atoms with van der Waals surface area (Å²) in [5.41, 5.74) is 13.5. The first kappa shape index (κ1) is 14.7. The fraction of sp³-hybridized carbons (Fsp3) is 0.571. The van der Waals surface area contributed by atoms with Crippen molar-refractivity contribution < 1.29 is 0 Å². The fourth-order valence-electron chi connectivity index (χ4n) is 2.46. The second kappa shape index (κ2) is 7.21. The van der Waals surface area contributed by atoms with Crippen molar-refractivity contribution in [1.29, 1.82) is 0 Å². The largest absolute Gasteiger partial charge is 0.394 e. The van der Waals surface area contributed by atoms with Crippen LogP contribution < -0.4 is 22.1 Å². The van der Waals surface area contributed by atoms with Gasteiger partial charge >= 0.3 is 0 Å². The van der Waals surface area contributed by atoms with E-state index in [1.807, 2.05) is 19.3 Å². The van der Waals surface area contributed by atoms with Gasteiger partial charge in [-0.1, -0.05) is 0 Å². The summed E-state index contributed by atoms with van der Waals surface area (Å²) < 4.78 is 0. The third-order valence-electron chi connectivity index (χ3n) is 3.63. The monoisotopic (exact) mass is 276 g/mol. The molecule has 20 heavy (non-hydrogen) atoms. The molecule has 0 unspecified atom stereocenters. The second-order valence-electron chi connectivity index (χ2n) is 5.18. The molecule has 1 saturated carbocycles. The van der Waals surface area contributed by atoms with Crippen molar-refractivity contribution >= 4 is 11.5 Å². The van der Waals surface area contributed by atoms with Gasteiger partial charge in [0.2, 0.25) is 5.95 Å². The first-order valence-electron chi connectivity index (χ1n) is 7.15. The lowest BCUT2D eigenvalue weighted by Crippen LogP contribution is -2.33. The Balaban J connectivity index is 2.04.